The van der Waals surface area contributed by atoms with Gasteiger partial charge in [-0.05, 0) is 87.4 Å². The Hall–Kier alpha value is -4.83. The Morgan fingerprint density at radius 3 is 1.13 bits per heavy atom. The summed E-state index contributed by atoms with van der Waals surface area (Å²) in [6.45, 7) is 8.53. The van der Waals surface area contributed by atoms with E-state index in [1.165, 1.54) is 22.3 Å². The Bertz CT molecular complexity index is 2180. The van der Waals surface area contributed by atoms with Gasteiger partial charge in [0.1, 0.15) is 0 Å². The molecule has 7 aromatic rings. The van der Waals surface area contributed by atoms with Crippen LogP contribution in [0.1, 0.15) is 22.3 Å². The molecular weight excluding hydrogens is 625 g/mol. The second kappa shape index (κ2) is 10.1. The molecule has 0 saturated carbocycles. The molecule has 0 atom stereocenters. The van der Waals surface area contributed by atoms with E-state index in [1.807, 2.05) is 0 Å². The summed E-state index contributed by atoms with van der Waals surface area (Å²) in [6, 6.07) is 30.6. The van der Waals surface area contributed by atoms with Crippen LogP contribution in [0.15, 0.2) is 84.9 Å². The molecule has 0 amide bonds. The van der Waals surface area contributed by atoms with E-state index in [9.17, 15) is 25.2 Å². The average molecular weight is 658 g/mol. The summed E-state index contributed by atoms with van der Waals surface area (Å²) in [4.78, 5) is 11.3. The van der Waals surface area contributed by atoms with Gasteiger partial charge in [0.05, 0.1) is 22.1 Å². The number of aromatic nitrogens is 6. The number of fused-ring (bicyclic) bond motifs is 4. The Kier molecular flexibility index (Phi) is 6.83. The third-order valence-corrected chi connectivity index (χ3v) is 7.68. The van der Waals surface area contributed by atoms with Gasteiger partial charge in [-0.25, -0.2) is 0 Å². The van der Waals surface area contributed by atoms with Crippen LogP contribution in [0.5, 0.6) is 0 Å². The van der Waals surface area contributed by atoms with E-state index in [0.717, 1.165) is 56.0 Å². The first-order valence-electron chi connectivity index (χ1n) is 14.4. The first-order valence-corrected chi connectivity index (χ1v) is 16.4. The molecule has 13 heteroatoms. The van der Waals surface area contributed by atoms with Crippen LogP contribution in [0.3, 0.4) is 0 Å². The van der Waals surface area contributed by atoms with Crippen LogP contribution in [-0.4, -0.2) is 28.7 Å². The number of aryl methyl sites for hydroxylation is 5. The van der Waals surface area contributed by atoms with Crippen LogP contribution in [-0.2, 0) is 7.05 Å². The van der Waals surface area contributed by atoms with E-state index in [1.54, 1.807) is 0 Å². The number of nitrogens with zero attached hydrogens (tertiary/aromatic N) is 3. The molecule has 6 nitrogen and oxygen atoms in total. The van der Waals surface area contributed by atoms with Crippen molar-refractivity contribution in [2.24, 2.45) is 7.05 Å². The summed E-state index contributed by atoms with van der Waals surface area (Å²) in [5.41, 5.74) is 15.4. The van der Waals surface area contributed by atoms with Crippen molar-refractivity contribution in [3.63, 3.8) is 0 Å². The molecule has 0 aliphatic carbocycles. The molecule has 46 heavy (non-hydrogen) atoms. The normalized spacial score (nSPS) is 13.5. The van der Waals surface area contributed by atoms with Gasteiger partial charge in [-0.1, -0.05) is 47.5 Å². The minimum absolute atomic E-state index is 0.980. The molecule has 0 aliphatic heterocycles. The van der Waals surface area contributed by atoms with Crippen molar-refractivity contribution < 1.29 is 25.2 Å². The fourth-order valence-electron chi connectivity index (χ4n) is 5.55. The van der Waals surface area contributed by atoms with Gasteiger partial charge in [0.2, 0.25) is 0 Å². The van der Waals surface area contributed by atoms with E-state index in [-0.39, 0.29) is 0 Å². The van der Waals surface area contributed by atoms with E-state index in [2.05, 4.69) is 148 Å². The third-order valence-electron chi connectivity index (χ3n) is 7.68. The van der Waals surface area contributed by atoms with Crippen molar-refractivity contribution in [1.82, 2.24) is 28.7 Å². The maximum absolute atomic E-state index is 10.7. The number of aromatic amines is 3. The molecule has 0 spiro atoms. The van der Waals surface area contributed by atoms with Crippen LogP contribution in [0, 0.1) is 27.7 Å². The monoisotopic (exact) mass is 657 g/mol. The van der Waals surface area contributed by atoms with Gasteiger partial charge in [-0.2, -0.15) is 0 Å². The number of halogens is 6. The van der Waals surface area contributed by atoms with E-state index >= 15 is 0 Å². The van der Waals surface area contributed by atoms with Gasteiger partial charge in [0.25, 0.3) is 0 Å². The molecule has 7 rings (SSSR count). The van der Waals surface area contributed by atoms with Gasteiger partial charge in [0.15, 0.2) is 22.6 Å². The van der Waals surface area contributed by atoms with Crippen LogP contribution in [0.25, 0.3) is 56.0 Å². The van der Waals surface area contributed by atoms with Gasteiger partial charge in [-0.15, -0.1) is 0 Å². The number of H-pyrrole nitrogens is 3. The summed E-state index contributed by atoms with van der Waals surface area (Å²) in [5, 5.41) is 0. The SMILES string of the molecule is Cc1ccc(-n2c3cc(C)ccc3[nH]c3c2[nH]c2c([nH]c4ccc(C)cc4n2-c2ccc(C)cc2)n3C)cc1.F[P-](F)(F)(F)(F)F. The zero-order valence-corrected chi connectivity index (χ0v) is 26.5. The molecule has 4 aromatic carbocycles. The molecule has 0 radical (unpaired) electrons. The zero-order chi connectivity index (χ0) is 33.2. The van der Waals surface area contributed by atoms with Gasteiger partial charge in [-0.3, -0.25) is 9.13 Å². The predicted octanol–water partition coefficient (Wildman–Crippen LogP) is 11.5. The second-order valence-corrected chi connectivity index (χ2v) is 13.6. The summed E-state index contributed by atoms with van der Waals surface area (Å²) >= 11 is 0. The molecule has 0 unspecified atom stereocenters. The number of hydrogen-bond acceptors (Lipinski definition) is 0. The average Bonchev–Trinajstić information content (AvgIpc) is 2.95. The van der Waals surface area contributed by atoms with Crippen molar-refractivity contribution in [2.75, 3.05) is 0 Å². The fraction of sp³-hybridized carbons (Fsp3) is 0.152. The summed E-state index contributed by atoms with van der Waals surface area (Å²) in [6.07, 6.45) is 0. The topological polar surface area (TPSA) is 62.2 Å². The summed E-state index contributed by atoms with van der Waals surface area (Å²) in [5.74, 6) is 0. The number of benzene rings is 4. The van der Waals surface area contributed by atoms with E-state index < -0.39 is 7.81 Å². The van der Waals surface area contributed by atoms with Crippen LogP contribution >= 0.6 is 7.81 Å². The van der Waals surface area contributed by atoms with Crippen molar-refractivity contribution in [2.45, 2.75) is 27.7 Å². The van der Waals surface area contributed by atoms with Crippen molar-refractivity contribution in [3.8, 4) is 11.4 Å². The fourth-order valence-corrected chi connectivity index (χ4v) is 5.55. The van der Waals surface area contributed by atoms with Crippen molar-refractivity contribution >= 4 is 52.5 Å². The summed E-state index contributed by atoms with van der Waals surface area (Å²) in [7, 11) is -8.54. The molecule has 0 saturated heterocycles. The number of rotatable bonds is 2. The quantitative estimate of drug-likeness (QED) is 0.0941. The van der Waals surface area contributed by atoms with Gasteiger partial charge < -0.3 is 19.5 Å². The number of hydrogen-bond donors (Lipinski definition) is 3. The molecule has 0 aliphatic rings. The second-order valence-electron chi connectivity index (χ2n) is 11.7. The minimum atomic E-state index is -10.7. The predicted molar refractivity (Wildman–Crippen MR) is 176 cm³/mol. The Morgan fingerprint density at radius 2 is 0.783 bits per heavy atom. The summed E-state index contributed by atoms with van der Waals surface area (Å²) < 4.78 is 66.1. The molecule has 3 aromatic heterocycles. The third kappa shape index (κ3) is 6.57. The molecule has 0 bridgehead atoms. The van der Waals surface area contributed by atoms with E-state index in [4.69, 9.17) is 0 Å². The van der Waals surface area contributed by atoms with Crippen LogP contribution in [0.4, 0.5) is 25.2 Å². The van der Waals surface area contributed by atoms with Crippen molar-refractivity contribution in [1.29, 1.82) is 0 Å². The standard InChI is InChI=1S/C33H32N6.F6P/c1-20-6-12-24(13-7-20)38-28-18-22(3)10-16-26(28)34-30-32(38)36-33-31(37(30)5)35-27-17-11-23(4)19-29(27)39(33)25-14-8-21(2)9-15-25;1-7(2,3,4,5)6/h6-19,34-36H,1-5H3;/q;-1. The Balaban J connectivity index is 0.000000480. The van der Waals surface area contributed by atoms with Gasteiger partial charge >= 0.3 is 33.0 Å². The zero-order valence-electron chi connectivity index (χ0n) is 25.6. The Morgan fingerprint density at radius 1 is 0.457 bits per heavy atom. The molecular formula is C33H32F6N6P-. The molecule has 3 N–H and O–H groups in total. The first kappa shape index (κ1) is 31.2. The van der Waals surface area contributed by atoms with E-state index in [0.29, 0.717) is 0 Å². The van der Waals surface area contributed by atoms with Crippen LogP contribution in [0.2, 0.25) is 0 Å². The number of nitrogens with one attached hydrogen (secondary N) is 3. The Labute approximate surface area is 259 Å². The molecule has 0 fully saturated rings. The van der Waals surface area contributed by atoms with Crippen molar-refractivity contribution in [3.05, 3.63) is 107 Å². The molecule has 242 valence electrons. The van der Waals surface area contributed by atoms with Crippen LogP contribution < -0.4 is 0 Å². The first-order chi connectivity index (χ1) is 21.3. The van der Waals surface area contributed by atoms with Gasteiger partial charge in [0, 0.05) is 18.4 Å². The maximum atomic E-state index is 9.87. The molecule has 3 heterocycles.